The Bertz CT molecular complexity index is 150. The van der Waals surface area contributed by atoms with Crippen LogP contribution in [0.1, 0.15) is 32.1 Å². The highest BCUT2D eigenvalue weighted by Gasteiger charge is 2.00. The average molecular weight is 203 g/mol. The molecule has 0 bridgehead atoms. The van der Waals surface area contributed by atoms with Crippen molar-refractivity contribution in [2.45, 2.75) is 32.1 Å². The summed E-state index contributed by atoms with van der Waals surface area (Å²) in [5.74, 6) is -0.715. The first-order valence-corrected chi connectivity index (χ1v) is 5.18. The number of aliphatic carboxylic acids is 1. The zero-order chi connectivity index (χ0) is 10.8. The summed E-state index contributed by atoms with van der Waals surface area (Å²) in [5, 5.41) is 17.0. The topological polar surface area (TPSA) is 60.8 Å². The van der Waals surface area contributed by atoms with E-state index in [1.807, 2.05) is 7.05 Å². The minimum Gasteiger partial charge on any atom is -0.481 e. The number of unbranched alkanes of at least 4 members (excludes halogenated alkanes) is 2. The van der Waals surface area contributed by atoms with E-state index in [9.17, 15) is 4.79 Å². The first kappa shape index (κ1) is 13.4. The molecule has 0 atom stereocenters. The summed E-state index contributed by atoms with van der Waals surface area (Å²) in [6.07, 6.45) is 3.80. The fourth-order valence-electron chi connectivity index (χ4n) is 1.26. The zero-order valence-corrected chi connectivity index (χ0v) is 8.91. The second-order valence-electron chi connectivity index (χ2n) is 3.58. The van der Waals surface area contributed by atoms with Crippen molar-refractivity contribution in [3.05, 3.63) is 0 Å². The molecule has 0 aromatic heterocycles. The highest BCUT2D eigenvalue weighted by atomic mass is 16.4. The SMILES string of the molecule is CN(CCCCO)CCCCC(=O)O. The molecule has 0 aromatic rings. The molecular formula is C10H21NO3. The van der Waals surface area contributed by atoms with Crippen LogP contribution in [-0.2, 0) is 4.79 Å². The van der Waals surface area contributed by atoms with Crippen LogP contribution >= 0.6 is 0 Å². The summed E-state index contributed by atoms with van der Waals surface area (Å²) in [5.41, 5.74) is 0. The largest absolute Gasteiger partial charge is 0.481 e. The maximum Gasteiger partial charge on any atom is 0.303 e. The molecule has 0 radical (unpaired) electrons. The zero-order valence-electron chi connectivity index (χ0n) is 8.91. The number of carbonyl (C=O) groups is 1. The number of aliphatic hydroxyl groups is 1. The molecule has 4 nitrogen and oxygen atoms in total. The van der Waals surface area contributed by atoms with E-state index in [-0.39, 0.29) is 13.0 Å². The van der Waals surface area contributed by atoms with Crippen LogP contribution in [0.4, 0.5) is 0 Å². The van der Waals surface area contributed by atoms with E-state index >= 15 is 0 Å². The molecule has 0 unspecified atom stereocenters. The smallest absolute Gasteiger partial charge is 0.303 e. The van der Waals surface area contributed by atoms with Crippen LogP contribution in [0.15, 0.2) is 0 Å². The highest BCUT2D eigenvalue weighted by molar-refractivity contribution is 5.66. The molecule has 0 rings (SSSR count). The van der Waals surface area contributed by atoms with E-state index in [2.05, 4.69) is 4.90 Å². The van der Waals surface area contributed by atoms with Gasteiger partial charge < -0.3 is 15.1 Å². The Morgan fingerprint density at radius 3 is 2.21 bits per heavy atom. The van der Waals surface area contributed by atoms with Crippen molar-refractivity contribution in [2.24, 2.45) is 0 Å². The molecule has 0 saturated carbocycles. The third-order valence-corrected chi connectivity index (χ3v) is 2.13. The van der Waals surface area contributed by atoms with E-state index in [4.69, 9.17) is 10.2 Å². The number of carboxylic acids is 1. The molecule has 0 saturated heterocycles. The standard InChI is InChI=1S/C10H21NO3/c1-11(8-4-5-9-12)7-3-2-6-10(13)14/h12H,2-9H2,1H3,(H,13,14). The number of nitrogens with zero attached hydrogens (tertiary/aromatic N) is 1. The van der Waals surface area contributed by atoms with Crippen molar-refractivity contribution < 1.29 is 15.0 Å². The summed E-state index contributed by atoms with van der Waals surface area (Å²) in [7, 11) is 2.03. The Labute approximate surface area is 85.5 Å². The van der Waals surface area contributed by atoms with Crippen molar-refractivity contribution in [3.63, 3.8) is 0 Å². The number of carboxylic acid groups (broad SMARTS) is 1. The maximum absolute atomic E-state index is 10.2. The summed E-state index contributed by atoms with van der Waals surface area (Å²) in [6, 6.07) is 0. The van der Waals surface area contributed by atoms with Gasteiger partial charge in [-0.05, 0) is 45.8 Å². The Balaban J connectivity index is 3.18. The normalized spacial score (nSPS) is 10.8. The van der Waals surface area contributed by atoms with Gasteiger partial charge >= 0.3 is 5.97 Å². The molecule has 0 fully saturated rings. The van der Waals surface area contributed by atoms with Crippen LogP contribution in [0.25, 0.3) is 0 Å². The van der Waals surface area contributed by atoms with Gasteiger partial charge in [-0.15, -0.1) is 0 Å². The predicted octanol–water partition coefficient (Wildman–Crippen LogP) is 0.946. The van der Waals surface area contributed by atoms with E-state index < -0.39 is 5.97 Å². The van der Waals surface area contributed by atoms with E-state index in [1.165, 1.54) is 0 Å². The molecule has 0 aliphatic heterocycles. The number of hydrogen-bond donors (Lipinski definition) is 2. The minimum absolute atomic E-state index is 0.257. The lowest BCUT2D eigenvalue weighted by Gasteiger charge is -2.15. The molecule has 2 N–H and O–H groups in total. The third kappa shape index (κ3) is 9.48. The van der Waals surface area contributed by atoms with Crippen LogP contribution in [0, 0.1) is 0 Å². The average Bonchev–Trinajstić information content (AvgIpc) is 2.13. The summed E-state index contributed by atoms with van der Waals surface area (Å²) >= 11 is 0. The second kappa shape index (κ2) is 8.97. The minimum atomic E-state index is -0.715. The van der Waals surface area contributed by atoms with Crippen LogP contribution in [-0.4, -0.2) is 47.8 Å². The molecule has 4 heteroatoms. The Morgan fingerprint density at radius 2 is 1.71 bits per heavy atom. The summed E-state index contributed by atoms with van der Waals surface area (Å²) in [4.78, 5) is 12.4. The fraction of sp³-hybridized carbons (Fsp3) is 0.900. The molecule has 14 heavy (non-hydrogen) atoms. The van der Waals surface area contributed by atoms with Crippen molar-refractivity contribution in [1.82, 2.24) is 4.90 Å². The van der Waals surface area contributed by atoms with Crippen molar-refractivity contribution in [2.75, 3.05) is 26.7 Å². The van der Waals surface area contributed by atoms with Crippen molar-refractivity contribution in [1.29, 1.82) is 0 Å². The lowest BCUT2D eigenvalue weighted by atomic mass is 10.2. The first-order valence-electron chi connectivity index (χ1n) is 5.18. The number of rotatable bonds is 9. The summed E-state index contributed by atoms with van der Waals surface area (Å²) < 4.78 is 0. The Kier molecular flexibility index (Phi) is 8.57. The fourth-order valence-corrected chi connectivity index (χ4v) is 1.26. The molecule has 0 aliphatic carbocycles. The lowest BCUT2D eigenvalue weighted by molar-refractivity contribution is -0.137. The first-order chi connectivity index (χ1) is 6.66. The molecule has 0 amide bonds. The molecular weight excluding hydrogens is 182 g/mol. The summed E-state index contributed by atoms with van der Waals surface area (Å²) in [6.45, 7) is 2.18. The van der Waals surface area contributed by atoms with E-state index in [0.29, 0.717) is 0 Å². The molecule has 0 spiro atoms. The van der Waals surface area contributed by atoms with E-state index in [1.54, 1.807) is 0 Å². The predicted molar refractivity (Wildman–Crippen MR) is 55.3 cm³/mol. The molecule has 0 aromatic carbocycles. The second-order valence-corrected chi connectivity index (χ2v) is 3.58. The van der Waals surface area contributed by atoms with E-state index in [0.717, 1.165) is 38.8 Å². The van der Waals surface area contributed by atoms with Gasteiger partial charge in [-0.25, -0.2) is 0 Å². The number of aliphatic hydroxyl groups excluding tert-OH is 1. The van der Waals surface area contributed by atoms with Gasteiger partial charge in [0.05, 0.1) is 0 Å². The molecule has 0 aliphatic rings. The monoisotopic (exact) mass is 203 g/mol. The van der Waals surface area contributed by atoms with Crippen LogP contribution in [0.3, 0.4) is 0 Å². The quantitative estimate of drug-likeness (QED) is 0.548. The van der Waals surface area contributed by atoms with Gasteiger partial charge in [-0.2, -0.15) is 0 Å². The van der Waals surface area contributed by atoms with Crippen LogP contribution in [0.5, 0.6) is 0 Å². The van der Waals surface area contributed by atoms with Gasteiger partial charge in [0, 0.05) is 13.0 Å². The highest BCUT2D eigenvalue weighted by Crippen LogP contribution is 1.99. The molecule has 84 valence electrons. The van der Waals surface area contributed by atoms with Gasteiger partial charge in [0.15, 0.2) is 0 Å². The van der Waals surface area contributed by atoms with Crippen LogP contribution < -0.4 is 0 Å². The van der Waals surface area contributed by atoms with Crippen molar-refractivity contribution >= 4 is 5.97 Å². The Hall–Kier alpha value is -0.610. The van der Waals surface area contributed by atoms with Gasteiger partial charge in [0.2, 0.25) is 0 Å². The molecule has 0 heterocycles. The van der Waals surface area contributed by atoms with Gasteiger partial charge in [0.25, 0.3) is 0 Å². The van der Waals surface area contributed by atoms with Crippen molar-refractivity contribution in [3.8, 4) is 0 Å². The lowest BCUT2D eigenvalue weighted by Crippen LogP contribution is -2.21. The Morgan fingerprint density at radius 1 is 1.14 bits per heavy atom. The number of hydrogen-bond acceptors (Lipinski definition) is 3. The third-order valence-electron chi connectivity index (χ3n) is 2.13. The van der Waals surface area contributed by atoms with Gasteiger partial charge in [0.1, 0.15) is 0 Å². The maximum atomic E-state index is 10.2. The van der Waals surface area contributed by atoms with Crippen LogP contribution in [0.2, 0.25) is 0 Å². The van der Waals surface area contributed by atoms with Gasteiger partial charge in [-0.3, -0.25) is 4.79 Å². The van der Waals surface area contributed by atoms with Gasteiger partial charge in [-0.1, -0.05) is 0 Å².